The van der Waals surface area contributed by atoms with Crippen molar-refractivity contribution in [1.82, 2.24) is 4.31 Å². The Kier molecular flexibility index (Phi) is 5.51. The van der Waals surface area contributed by atoms with Crippen LogP contribution >= 0.6 is 0 Å². The van der Waals surface area contributed by atoms with E-state index in [1.54, 1.807) is 16.4 Å². The van der Waals surface area contributed by atoms with E-state index in [0.717, 1.165) is 16.8 Å². The van der Waals surface area contributed by atoms with Crippen LogP contribution in [-0.2, 0) is 22.0 Å². The average molecular weight is 495 g/mol. The smallest absolute Gasteiger partial charge is 0.244 e. The van der Waals surface area contributed by atoms with Gasteiger partial charge in [-0.1, -0.05) is 103 Å². The first kappa shape index (κ1) is 23.0. The van der Waals surface area contributed by atoms with Crippen LogP contribution in [0.15, 0.2) is 114 Å². The minimum absolute atomic E-state index is 0.0193. The molecular formula is C31H30N2O2S. The summed E-state index contributed by atoms with van der Waals surface area (Å²) in [5.41, 5.74) is 5.28. The summed E-state index contributed by atoms with van der Waals surface area (Å²) in [7, 11) is -3.74. The third-order valence-electron chi connectivity index (χ3n) is 8.01. The van der Waals surface area contributed by atoms with Crippen LogP contribution in [0.4, 0.5) is 5.69 Å². The predicted molar refractivity (Wildman–Crippen MR) is 144 cm³/mol. The molecule has 4 nitrogen and oxygen atoms in total. The Morgan fingerprint density at radius 1 is 0.806 bits per heavy atom. The first-order valence-electron chi connectivity index (χ1n) is 12.4. The number of hydrogen-bond acceptors (Lipinski definition) is 3. The lowest BCUT2D eigenvalue weighted by molar-refractivity contribution is 0.313. The fourth-order valence-electron chi connectivity index (χ4n) is 6.23. The Labute approximate surface area is 213 Å². The molecule has 0 saturated carbocycles. The second kappa shape index (κ2) is 8.61. The summed E-state index contributed by atoms with van der Waals surface area (Å²) in [6.45, 7) is 5.30. The van der Waals surface area contributed by atoms with Crippen LogP contribution in [0.5, 0.6) is 0 Å². The van der Waals surface area contributed by atoms with Gasteiger partial charge in [0.05, 0.1) is 4.90 Å². The predicted octanol–water partition coefficient (Wildman–Crippen LogP) is 6.09. The molecule has 6 rings (SSSR count). The maximum absolute atomic E-state index is 14.3. The normalized spacial score (nSPS) is 23.4. The molecule has 4 aromatic carbocycles. The van der Waals surface area contributed by atoms with Crippen molar-refractivity contribution in [2.75, 3.05) is 11.4 Å². The van der Waals surface area contributed by atoms with Gasteiger partial charge in [-0.3, -0.25) is 0 Å². The van der Waals surface area contributed by atoms with E-state index in [2.05, 4.69) is 60.4 Å². The Hall–Kier alpha value is -3.41. The molecule has 0 aliphatic carbocycles. The second-order valence-corrected chi connectivity index (χ2v) is 12.0. The Balaban J connectivity index is 1.55. The maximum atomic E-state index is 14.3. The van der Waals surface area contributed by atoms with Crippen LogP contribution in [0.3, 0.4) is 0 Å². The molecule has 182 valence electrons. The Bertz CT molecular complexity index is 1490. The number of sulfonamides is 1. The molecule has 2 aliphatic rings. The second-order valence-electron chi connectivity index (χ2n) is 10.1. The molecule has 0 bridgehead atoms. The number of nitrogens with zero attached hydrogens (tertiary/aromatic N) is 2. The van der Waals surface area contributed by atoms with Crippen molar-refractivity contribution in [1.29, 1.82) is 0 Å². The van der Waals surface area contributed by atoms with Crippen molar-refractivity contribution in [3.8, 4) is 0 Å². The van der Waals surface area contributed by atoms with Crippen LogP contribution in [0.1, 0.15) is 35.1 Å². The van der Waals surface area contributed by atoms with E-state index < -0.39 is 15.4 Å². The third-order valence-corrected chi connectivity index (χ3v) is 9.84. The lowest BCUT2D eigenvalue weighted by atomic mass is 9.71. The zero-order valence-corrected chi connectivity index (χ0v) is 21.4. The number of hydrogen-bond donors (Lipinski definition) is 0. The highest BCUT2D eigenvalue weighted by molar-refractivity contribution is 7.89. The van der Waals surface area contributed by atoms with E-state index in [1.807, 2.05) is 55.5 Å². The quantitative estimate of drug-likeness (QED) is 0.337. The highest BCUT2D eigenvalue weighted by Crippen LogP contribution is 2.59. The van der Waals surface area contributed by atoms with Crippen molar-refractivity contribution >= 4 is 15.7 Å². The minimum Gasteiger partial charge on any atom is -0.349 e. The zero-order chi connectivity index (χ0) is 24.9. The number of anilines is 1. The summed E-state index contributed by atoms with van der Waals surface area (Å²) in [6, 6.07) is 36.4. The number of fused-ring (bicyclic) bond motifs is 3. The van der Waals surface area contributed by atoms with Gasteiger partial charge in [0.15, 0.2) is 0 Å². The first-order chi connectivity index (χ1) is 17.4. The van der Waals surface area contributed by atoms with Crippen LogP contribution in [0, 0.1) is 6.92 Å². The molecule has 0 amide bonds. The van der Waals surface area contributed by atoms with Gasteiger partial charge in [-0.05, 0) is 41.8 Å². The zero-order valence-electron chi connectivity index (χ0n) is 20.6. The first-order valence-corrected chi connectivity index (χ1v) is 13.9. The minimum atomic E-state index is -3.74. The Morgan fingerprint density at radius 3 is 2.11 bits per heavy atom. The molecule has 5 heteroatoms. The van der Waals surface area contributed by atoms with Gasteiger partial charge in [0.2, 0.25) is 10.0 Å². The molecule has 0 N–H and O–H groups in total. The van der Waals surface area contributed by atoms with Gasteiger partial charge in [-0.25, -0.2) is 8.42 Å². The van der Waals surface area contributed by atoms with Crippen molar-refractivity contribution in [2.45, 2.75) is 42.8 Å². The molecular weight excluding hydrogens is 464 g/mol. The van der Waals surface area contributed by atoms with E-state index >= 15 is 0 Å². The van der Waals surface area contributed by atoms with Crippen molar-refractivity contribution < 1.29 is 8.42 Å². The average Bonchev–Trinajstić information content (AvgIpc) is 3.35. The van der Waals surface area contributed by atoms with Gasteiger partial charge in [-0.2, -0.15) is 4.31 Å². The number of rotatable bonds is 5. The van der Waals surface area contributed by atoms with Gasteiger partial charge in [0.1, 0.15) is 6.17 Å². The van der Waals surface area contributed by atoms with Crippen LogP contribution in [0.2, 0.25) is 0 Å². The molecule has 1 saturated heterocycles. The lowest BCUT2D eigenvalue weighted by Crippen LogP contribution is -2.51. The molecule has 0 aromatic heterocycles. The molecule has 0 unspecified atom stereocenters. The van der Waals surface area contributed by atoms with E-state index in [0.29, 0.717) is 18.0 Å². The molecule has 0 spiro atoms. The Morgan fingerprint density at radius 2 is 1.42 bits per heavy atom. The fraction of sp³-hybridized carbons (Fsp3) is 0.226. The maximum Gasteiger partial charge on any atom is 0.244 e. The highest BCUT2D eigenvalue weighted by atomic mass is 32.2. The van der Waals surface area contributed by atoms with Gasteiger partial charge >= 0.3 is 0 Å². The van der Waals surface area contributed by atoms with Crippen LogP contribution in [0.25, 0.3) is 0 Å². The molecule has 1 fully saturated rings. The fourth-order valence-corrected chi connectivity index (χ4v) is 7.92. The van der Waals surface area contributed by atoms with Gasteiger partial charge in [-0.15, -0.1) is 0 Å². The SMILES string of the molecule is Cc1ccc(S(=O)(=O)N2C[C@H](c3ccccc3)[C@]3(C)c4ccccc4N(Cc4ccccc4)[C@H]23)cc1. The summed E-state index contributed by atoms with van der Waals surface area (Å²) >= 11 is 0. The standard InChI is InChI=1S/C31H30N2O2S/c1-23-17-19-26(20-18-23)36(34,35)33-22-28(25-13-7-4-8-14-25)31(2)27-15-9-10-16-29(27)32(30(31)33)21-24-11-5-3-6-12-24/h3-20,28,30H,21-22H2,1-2H3/t28-,30-,31+/m1/s1. The molecule has 0 radical (unpaired) electrons. The van der Waals surface area contributed by atoms with Crippen molar-refractivity contribution in [3.63, 3.8) is 0 Å². The molecule has 2 aliphatic heterocycles. The summed E-state index contributed by atoms with van der Waals surface area (Å²) in [6.07, 6.45) is -0.341. The topological polar surface area (TPSA) is 40.6 Å². The van der Waals surface area contributed by atoms with Crippen molar-refractivity contribution in [2.24, 2.45) is 0 Å². The van der Waals surface area contributed by atoms with Crippen LogP contribution < -0.4 is 4.90 Å². The highest BCUT2D eigenvalue weighted by Gasteiger charge is 2.62. The third kappa shape index (κ3) is 3.49. The molecule has 2 heterocycles. The number of benzene rings is 4. The molecule has 3 atom stereocenters. The number of para-hydroxylation sites is 1. The van der Waals surface area contributed by atoms with Gasteiger partial charge in [0, 0.05) is 30.1 Å². The summed E-state index contributed by atoms with van der Waals surface area (Å²) in [4.78, 5) is 2.65. The van der Waals surface area contributed by atoms with Crippen LogP contribution in [-0.4, -0.2) is 25.4 Å². The van der Waals surface area contributed by atoms with E-state index in [1.165, 1.54) is 11.1 Å². The largest absolute Gasteiger partial charge is 0.349 e. The molecule has 4 aromatic rings. The number of aryl methyl sites for hydroxylation is 1. The molecule has 36 heavy (non-hydrogen) atoms. The summed E-state index contributed by atoms with van der Waals surface area (Å²) < 4.78 is 30.3. The van der Waals surface area contributed by atoms with Gasteiger partial charge in [0.25, 0.3) is 0 Å². The van der Waals surface area contributed by atoms with Gasteiger partial charge < -0.3 is 4.90 Å². The van der Waals surface area contributed by atoms with E-state index in [4.69, 9.17) is 0 Å². The van der Waals surface area contributed by atoms with Crippen molar-refractivity contribution in [3.05, 3.63) is 131 Å². The van der Waals surface area contributed by atoms with E-state index in [-0.39, 0.29) is 12.1 Å². The summed E-state index contributed by atoms with van der Waals surface area (Å²) in [5, 5.41) is 0. The monoisotopic (exact) mass is 494 g/mol. The lowest BCUT2D eigenvalue weighted by Gasteiger charge is -2.37. The van der Waals surface area contributed by atoms with E-state index in [9.17, 15) is 8.42 Å². The summed E-state index contributed by atoms with van der Waals surface area (Å²) in [5.74, 6) is 0.0193.